The number of amides is 1. The fourth-order valence-electron chi connectivity index (χ4n) is 3.28. The Morgan fingerprint density at radius 2 is 2.00 bits per heavy atom. The van der Waals surface area contributed by atoms with Gasteiger partial charge in [0.2, 0.25) is 5.92 Å². The summed E-state index contributed by atoms with van der Waals surface area (Å²) in [4.78, 5) is 23.1. The number of carbonyl (C=O) groups is 1. The lowest BCUT2D eigenvalue weighted by atomic mass is 9.91. The number of carbonyl (C=O) groups excluding carboxylic acids is 1. The van der Waals surface area contributed by atoms with Gasteiger partial charge in [-0.25, -0.2) is 23.2 Å². The number of hydrogen-bond acceptors (Lipinski definition) is 6. The van der Waals surface area contributed by atoms with E-state index in [0.29, 0.717) is 5.69 Å². The van der Waals surface area contributed by atoms with Gasteiger partial charge in [0.1, 0.15) is 17.5 Å². The number of rotatable bonds is 3. The summed E-state index contributed by atoms with van der Waals surface area (Å²) in [5, 5.41) is 13.1. The largest absolute Gasteiger partial charge is 0.443 e. The van der Waals surface area contributed by atoms with Gasteiger partial charge < -0.3 is 4.74 Å². The summed E-state index contributed by atoms with van der Waals surface area (Å²) in [6, 6.07) is 4.57. The summed E-state index contributed by atoms with van der Waals surface area (Å²) < 4.78 is 34.3. The molecule has 1 aliphatic carbocycles. The molecular weight excluding hydrogens is 394 g/mol. The maximum absolute atomic E-state index is 13.7. The van der Waals surface area contributed by atoms with E-state index >= 15 is 0 Å². The molecule has 1 fully saturated rings. The maximum atomic E-state index is 13.7. The molecule has 1 aliphatic rings. The first-order valence-electron chi connectivity index (χ1n) is 9.69. The lowest BCUT2D eigenvalue weighted by molar-refractivity contribution is -0.0388. The first-order chi connectivity index (χ1) is 14.0. The van der Waals surface area contributed by atoms with Crippen molar-refractivity contribution in [2.45, 2.75) is 70.9 Å². The second-order valence-electron chi connectivity index (χ2n) is 8.36. The molecule has 2 heterocycles. The van der Waals surface area contributed by atoms with Gasteiger partial charge in [0.25, 0.3) is 5.95 Å². The normalized spacial score (nSPS) is 16.7. The van der Waals surface area contributed by atoms with Gasteiger partial charge in [-0.15, -0.1) is 0 Å². The van der Waals surface area contributed by atoms with Crippen LogP contribution in [0.3, 0.4) is 0 Å². The van der Waals surface area contributed by atoms with Crippen LogP contribution in [0.2, 0.25) is 0 Å². The smallest absolute Gasteiger partial charge is 0.416 e. The molecule has 1 amide bonds. The molecule has 1 saturated carbocycles. The molecule has 0 spiro atoms. The van der Waals surface area contributed by atoms with E-state index in [9.17, 15) is 13.6 Å². The Labute approximate surface area is 173 Å². The van der Waals surface area contributed by atoms with Crippen molar-refractivity contribution in [2.75, 3.05) is 4.90 Å². The fraction of sp³-hybridized carbons (Fsp3) is 0.550. The zero-order chi connectivity index (χ0) is 22.1. The summed E-state index contributed by atoms with van der Waals surface area (Å²) in [6.07, 6.45) is 0.531. The predicted molar refractivity (Wildman–Crippen MR) is 105 cm³/mol. The molecule has 0 atom stereocenters. The van der Waals surface area contributed by atoms with E-state index in [1.807, 2.05) is 6.07 Å². The van der Waals surface area contributed by atoms with Crippen LogP contribution in [0.1, 0.15) is 57.8 Å². The van der Waals surface area contributed by atoms with Crippen LogP contribution in [0.25, 0.3) is 5.95 Å². The highest BCUT2D eigenvalue weighted by Crippen LogP contribution is 2.37. The summed E-state index contributed by atoms with van der Waals surface area (Å²) in [5.74, 6) is -2.32. The zero-order valence-corrected chi connectivity index (χ0v) is 17.4. The minimum atomic E-state index is -2.73. The summed E-state index contributed by atoms with van der Waals surface area (Å²) in [5.41, 5.74) is -0.0124. The van der Waals surface area contributed by atoms with Gasteiger partial charge in [0, 0.05) is 36.8 Å². The van der Waals surface area contributed by atoms with Crippen LogP contribution < -0.4 is 4.90 Å². The number of nitrogens with zero attached hydrogens (tertiary/aromatic N) is 6. The van der Waals surface area contributed by atoms with E-state index in [0.717, 1.165) is 0 Å². The first kappa shape index (κ1) is 21.6. The maximum Gasteiger partial charge on any atom is 0.416 e. The molecule has 0 aromatic carbocycles. The van der Waals surface area contributed by atoms with Crippen molar-refractivity contribution < 1.29 is 18.3 Å². The highest BCUT2D eigenvalue weighted by Gasteiger charge is 2.40. The Morgan fingerprint density at radius 3 is 2.57 bits per heavy atom. The average Bonchev–Trinajstić information content (AvgIpc) is 3.11. The Hall–Kier alpha value is -3.09. The number of aryl methyl sites for hydroxylation is 1. The molecule has 30 heavy (non-hydrogen) atoms. The van der Waals surface area contributed by atoms with Crippen LogP contribution in [0.4, 0.5) is 19.4 Å². The van der Waals surface area contributed by atoms with Crippen LogP contribution in [0.15, 0.2) is 18.3 Å². The Kier molecular flexibility index (Phi) is 5.74. The number of ether oxygens (including phenoxy) is 1. The predicted octanol–water partition coefficient (Wildman–Crippen LogP) is 4.16. The van der Waals surface area contributed by atoms with Crippen LogP contribution >= 0.6 is 0 Å². The minimum Gasteiger partial charge on any atom is -0.443 e. The SMILES string of the molecule is Cc1cc(N(C(=O)OC(C)(C)C)C2CCC(F)(F)CC2)nc(-n2ccc(C#N)n2)n1. The standard InChI is InChI=1S/C20H24F2N6O2/c1-13-11-16(25-17(24-13)27-10-7-14(12-23)26-27)28(18(29)30-19(2,3)4)15-5-8-20(21,22)9-6-15/h7,10-11,15H,5-6,8-9H2,1-4H3. The zero-order valence-electron chi connectivity index (χ0n) is 17.4. The highest BCUT2D eigenvalue weighted by atomic mass is 19.3. The van der Waals surface area contributed by atoms with Crippen molar-refractivity contribution in [2.24, 2.45) is 0 Å². The third kappa shape index (κ3) is 5.09. The van der Waals surface area contributed by atoms with Crippen LogP contribution in [0.5, 0.6) is 0 Å². The van der Waals surface area contributed by atoms with E-state index < -0.39 is 23.7 Å². The van der Waals surface area contributed by atoms with Crippen molar-refractivity contribution in [3.05, 3.63) is 29.7 Å². The van der Waals surface area contributed by atoms with Gasteiger partial charge in [0.15, 0.2) is 5.69 Å². The van der Waals surface area contributed by atoms with E-state index in [1.165, 1.54) is 21.8 Å². The molecule has 0 bridgehead atoms. The molecule has 0 saturated heterocycles. The van der Waals surface area contributed by atoms with E-state index in [-0.39, 0.29) is 43.1 Å². The molecule has 0 N–H and O–H groups in total. The number of hydrogen-bond donors (Lipinski definition) is 0. The molecule has 0 radical (unpaired) electrons. The number of aromatic nitrogens is 4. The summed E-state index contributed by atoms with van der Waals surface area (Å²) in [6.45, 7) is 6.94. The van der Waals surface area contributed by atoms with Crippen molar-refractivity contribution in [1.82, 2.24) is 19.7 Å². The second kappa shape index (κ2) is 7.97. The van der Waals surface area contributed by atoms with Crippen molar-refractivity contribution in [3.8, 4) is 12.0 Å². The topological polar surface area (TPSA) is 96.9 Å². The second-order valence-corrected chi connectivity index (χ2v) is 8.36. The van der Waals surface area contributed by atoms with E-state index in [1.54, 1.807) is 33.8 Å². The van der Waals surface area contributed by atoms with E-state index in [4.69, 9.17) is 10.00 Å². The van der Waals surface area contributed by atoms with Gasteiger partial charge in [-0.2, -0.15) is 15.3 Å². The van der Waals surface area contributed by atoms with Crippen LogP contribution in [-0.2, 0) is 4.74 Å². The van der Waals surface area contributed by atoms with E-state index in [2.05, 4.69) is 15.1 Å². The van der Waals surface area contributed by atoms with Gasteiger partial charge in [-0.1, -0.05) is 0 Å². The lowest BCUT2D eigenvalue weighted by Crippen LogP contribution is -2.47. The van der Waals surface area contributed by atoms with Crippen molar-refractivity contribution >= 4 is 11.9 Å². The molecule has 3 rings (SSSR count). The highest BCUT2D eigenvalue weighted by molar-refractivity contribution is 5.87. The molecule has 8 nitrogen and oxygen atoms in total. The van der Waals surface area contributed by atoms with Crippen molar-refractivity contribution in [1.29, 1.82) is 5.26 Å². The first-order valence-corrected chi connectivity index (χ1v) is 9.69. The molecule has 0 aliphatic heterocycles. The number of anilines is 1. The Balaban J connectivity index is 2.00. The molecule has 0 unspecified atom stereocenters. The third-order valence-electron chi connectivity index (χ3n) is 4.63. The van der Waals surface area contributed by atoms with Gasteiger partial charge in [-0.05, 0) is 46.6 Å². The third-order valence-corrected chi connectivity index (χ3v) is 4.63. The fourth-order valence-corrected chi connectivity index (χ4v) is 3.28. The summed E-state index contributed by atoms with van der Waals surface area (Å²) in [7, 11) is 0. The monoisotopic (exact) mass is 418 g/mol. The quantitative estimate of drug-likeness (QED) is 0.742. The number of nitriles is 1. The van der Waals surface area contributed by atoms with Gasteiger partial charge in [-0.3, -0.25) is 4.90 Å². The van der Waals surface area contributed by atoms with Crippen LogP contribution in [0, 0.1) is 18.3 Å². The molecule has 10 heteroatoms. The van der Waals surface area contributed by atoms with Gasteiger partial charge in [0.05, 0.1) is 0 Å². The molecular formula is C20H24F2N6O2. The number of alkyl halides is 2. The Bertz CT molecular complexity index is 966. The Morgan fingerprint density at radius 1 is 1.33 bits per heavy atom. The molecule has 2 aromatic rings. The van der Waals surface area contributed by atoms with Crippen molar-refractivity contribution in [3.63, 3.8) is 0 Å². The number of halogens is 2. The van der Waals surface area contributed by atoms with Gasteiger partial charge >= 0.3 is 6.09 Å². The molecule has 2 aromatic heterocycles. The summed E-state index contributed by atoms with van der Waals surface area (Å²) >= 11 is 0. The lowest BCUT2D eigenvalue weighted by Gasteiger charge is -2.37. The molecule has 160 valence electrons. The van der Waals surface area contributed by atoms with Crippen LogP contribution in [-0.4, -0.2) is 43.4 Å². The average molecular weight is 418 g/mol. The minimum absolute atomic E-state index is 0.130.